The highest BCUT2D eigenvalue weighted by Crippen LogP contribution is 2.33. The predicted molar refractivity (Wildman–Crippen MR) is 142 cm³/mol. The van der Waals surface area contributed by atoms with Gasteiger partial charge < -0.3 is 34.5 Å². The minimum Gasteiger partial charge on any atom is -0.486 e. The number of nitrogens with one attached hydrogen (secondary N) is 3. The lowest BCUT2D eigenvalue weighted by Crippen LogP contribution is -2.42. The molecule has 0 saturated heterocycles. The molecule has 2 aromatic carbocycles. The molecule has 0 spiro atoms. The fourth-order valence-corrected chi connectivity index (χ4v) is 4.17. The van der Waals surface area contributed by atoms with Gasteiger partial charge in [0.2, 0.25) is 23.6 Å². The first kappa shape index (κ1) is 28.5. The number of carbonyl (C=O) groups excluding carboxylic acids is 4. The fourth-order valence-electron chi connectivity index (χ4n) is 4.17. The van der Waals surface area contributed by atoms with Crippen molar-refractivity contribution in [2.24, 2.45) is 0 Å². The van der Waals surface area contributed by atoms with E-state index in [1.807, 2.05) is 0 Å². The van der Waals surface area contributed by atoms with Crippen molar-refractivity contribution >= 4 is 35.0 Å². The highest BCUT2D eigenvalue weighted by Gasteiger charge is 2.22. The second-order valence-corrected chi connectivity index (χ2v) is 9.16. The Bertz CT molecular complexity index is 1160. The van der Waals surface area contributed by atoms with Gasteiger partial charge >= 0.3 is 0 Å². The van der Waals surface area contributed by atoms with E-state index in [2.05, 4.69) is 10.6 Å². The van der Waals surface area contributed by atoms with E-state index in [9.17, 15) is 19.2 Å². The molecule has 2 aliphatic rings. The molecule has 214 valence electrons. The summed E-state index contributed by atoms with van der Waals surface area (Å²) in [6.07, 6.45) is 1.69. The van der Waals surface area contributed by atoms with Gasteiger partial charge in [0.1, 0.15) is 39.5 Å². The van der Waals surface area contributed by atoms with Crippen LogP contribution >= 0.6 is 0 Å². The summed E-state index contributed by atoms with van der Waals surface area (Å²) in [5.74, 6) is 0.299. The summed E-state index contributed by atoms with van der Waals surface area (Å²) in [5.41, 5.74) is 2.49. The first-order chi connectivity index (χ1) is 19.4. The second kappa shape index (κ2) is 14.0. The second-order valence-electron chi connectivity index (χ2n) is 9.16. The van der Waals surface area contributed by atoms with Crippen LogP contribution in [0.3, 0.4) is 0 Å². The van der Waals surface area contributed by atoms with Crippen molar-refractivity contribution in [2.75, 3.05) is 50.2 Å². The molecule has 0 aromatic heterocycles. The molecule has 4 rings (SSSR count). The number of unbranched alkanes of at least 4 members (excludes halogenated alkanes) is 2. The molecule has 4 N–H and O–H groups in total. The van der Waals surface area contributed by atoms with Gasteiger partial charge in [0.25, 0.3) is 0 Å². The summed E-state index contributed by atoms with van der Waals surface area (Å²) in [7, 11) is 0. The molecule has 13 nitrogen and oxygen atoms in total. The Kier molecular flexibility index (Phi) is 9.99. The van der Waals surface area contributed by atoms with Gasteiger partial charge in [-0.2, -0.15) is 0 Å². The monoisotopic (exact) mass is 556 g/mol. The lowest BCUT2D eigenvalue weighted by Gasteiger charge is -2.23. The van der Waals surface area contributed by atoms with Gasteiger partial charge in [-0.15, -0.1) is 0 Å². The Morgan fingerprint density at radius 3 is 1.62 bits per heavy atom. The molecule has 0 unspecified atom stereocenters. The van der Waals surface area contributed by atoms with Gasteiger partial charge in [-0.3, -0.25) is 24.4 Å². The first-order valence-electron chi connectivity index (χ1n) is 13.0. The summed E-state index contributed by atoms with van der Waals surface area (Å²) >= 11 is 0. The maximum Gasteiger partial charge on any atom is 0.244 e. The van der Waals surface area contributed by atoms with E-state index in [-0.39, 0.29) is 31.8 Å². The van der Waals surface area contributed by atoms with E-state index in [1.54, 1.807) is 41.9 Å². The van der Waals surface area contributed by atoms with Crippen molar-refractivity contribution in [2.45, 2.75) is 32.1 Å². The number of hydrogen-bond donors (Lipinski definition) is 4. The number of rotatable bonds is 12. The Morgan fingerprint density at radius 2 is 1.12 bits per heavy atom. The first-order valence-corrected chi connectivity index (χ1v) is 13.0. The number of fused-ring (bicyclic) bond motifs is 2. The van der Waals surface area contributed by atoms with Crippen molar-refractivity contribution in [3.63, 3.8) is 0 Å². The number of anilines is 2. The van der Waals surface area contributed by atoms with Crippen molar-refractivity contribution < 1.29 is 43.3 Å². The average Bonchev–Trinajstić information content (AvgIpc) is 2.96. The highest BCUT2D eigenvalue weighted by molar-refractivity contribution is 5.98. The van der Waals surface area contributed by atoms with E-state index in [1.165, 1.54) is 4.90 Å². The number of ether oxygens (including phenoxy) is 4. The molecule has 0 bridgehead atoms. The lowest BCUT2D eigenvalue weighted by atomic mass is 10.1. The SMILES string of the molecule is O=C(CCCCCC(=O)N(CC(=O)Nc1ccc2c(c1)OCCO2)CC(=O)Nc1ccc2c(c1)OCCO2)NO. The van der Waals surface area contributed by atoms with Crippen molar-refractivity contribution in [1.82, 2.24) is 10.4 Å². The Balaban J connectivity index is 1.36. The number of hydrogen-bond acceptors (Lipinski definition) is 9. The molecule has 0 radical (unpaired) electrons. The Hall–Kier alpha value is -4.52. The van der Waals surface area contributed by atoms with Crippen LogP contribution in [0.15, 0.2) is 36.4 Å². The third-order valence-electron chi connectivity index (χ3n) is 6.09. The van der Waals surface area contributed by atoms with Crippen LogP contribution < -0.4 is 35.1 Å². The maximum atomic E-state index is 13.0. The van der Waals surface area contributed by atoms with Crippen molar-refractivity contribution in [3.05, 3.63) is 36.4 Å². The number of amides is 4. The van der Waals surface area contributed by atoms with E-state index in [0.717, 1.165) is 0 Å². The lowest BCUT2D eigenvalue weighted by molar-refractivity contribution is -0.137. The highest BCUT2D eigenvalue weighted by atomic mass is 16.6. The van der Waals surface area contributed by atoms with Crippen LogP contribution in [0.1, 0.15) is 32.1 Å². The molecular formula is C27H32N4O9. The summed E-state index contributed by atoms with van der Waals surface area (Å²) in [5, 5.41) is 14.0. The fraction of sp³-hybridized carbons (Fsp3) is 0.407. The van der Waals surface area contributed by atoms with Crippen LogP contribution in [0.5, 0.6) is 23.0 Å². The molecular weight excluding hydrogens is 524 g/mol. The van der Waals surface area contributed by atoms with Crippen molar-refractivity contribution in [1.29, 1.82) is 0 Å². The minimum atomic E-state index is -0.500. The van der Waals surface area contributed by atoms with Gasteiger partial charge in [0.15, 0.2) is 23.0 Å². The molecule has 40 heavy (non-hydrogen) atoms. The minimum absolute atomic E-state index is 0.0787. The normalized spacial score (nSPS) is 13.1. The zero-order valence-corrected chi connectivity index (χ0v) is 21.9. The summed E-state index contributed by atoms with van der Waals surface area (Å²) in [6, 6.07) is 9.96. The number of hydroxylamine groups is 1. The van der Waals surface area contributed by atoms with E-state index in [0.29, 0.717) is 80.1 Å². The molecule has 4 amide bonds. The van der Waals surface area contributed by atoms with Gasteiger partial charge in [0, 0.05) is 36.3 Å². The van der Waals surface area contributed by atoms with Gasteiger partial charge in [-0.1, -0.05) is 6.42 Å². The standard InChI is InChI=1S/C27H32N4O9/c32-24(30-36)4-2-1-3-5-27(35)31(16-25(33)28-18-6-8-20-22(14-18)39-12-10-37-20)17-26(34)29-19-7-9-21-23(15-19)40-13-11-38-21/h6-9,14-15,36H,1-5,10-13,16-17H2,(H,28,33)(H,29,34)(H,30,32). The summed E-state index contributed by atoms with van der Waals surface area (Å²) < 4.78 is 22.1. The van der Waals surface area contributed by atoms with Crippen LogP contribution in [-0.4, -0.2) is 73.3 Å². The van der Waals surface area contributed by atoms with Crippen molar-refractivity contribution in [3.8, 4) is 23.0 Å². The smallest absolute Gasteiger partial charge is 0.244 e. The summed E-state index contributed by atoms with van der Waals surface area (Å²) in [6.45, 7) is 0.979. The quantitative estimate of drug-likeness (QED) is 0.174. The molecule has 0 saturated carbocycles. The van der Waals surface area contributed by atoms with E-state index < -0.39 is 17.7 Å². The number of carbonyl (C=O) groups is 4. The number of benzene rings is 2. The van der Waals surface area contributed by atoms with E-state index >= 15 is 0 Å². The number of nitrogens with zero attached hydrogens (tertiary/aromatic N) is 1. The van der Waals surface area contributed by atoms with Crippen LogP contribution in [0.2, 0.25) is 0 Å². The van der Waals surface area contributed by atoms with E-state index in [4.69, 9.17) is 24.2 Å². The van der Waals surface area contributed by atoms with Crippen LogP contribution in [-0.2, 0) is 19.2 Å². The predicted octanol–water partition coefficient (Wildman–Crippen LogP) is 2.09. The van der Waals surface area contributed by atoms with Gasteiger partial charge in [-0.25, -0.2) is 5.48 Å². The van der Waals surface area contributed by atoms with Crippen LogP contribution in [0.4, 0.5) is 11.4 Å². The molecule has 13 heteroatoms. The molecule has 0 aliphatic carbocycles. The molecule has 0 fully saturated rings. The zero-order chi connectivity index (χ0) is 28.3. The molecule has 2 heterocycles. The zero-order valence-electron chi connectivity index (χ0n) is 21.9. The third-order valence-corrected chi connectivity index (χ3v) is 6.09. The van der Waals surface area contributed by atoms with Gasteiger partial charge in [0.05, 0.1) is 0 Å². The Labute approximate surface area is 230 Å². The largest absolute Gasteiger partial charge is 0.486 e. The van der Waals surface area contributed by atoms with Crippen LogP contribution in [0.25, 0.3) is 0 Å². The molecule has 2 aliphatic heterocycles. The average molecular weight is 557 g/mol. The topological polar surface area (TPSA) is 165 Å². The van der Waals surface area contributed by atoms with Crippen LogP contribution in [0, 0.1) is 0 Å². The Morgan fingerprint density at radius 1 is 0.650 bits per heavy atom. The molecule has 2 aromatic rings. The molecule has 0 atom stereocenters. The third kappa shape index (κ3) is 8.24. The van der Waals surface area contributed by atoms with Gasteiger partial charge in [-0.05, 0) is 37.1 Å². The maximum absolute atomic E-state index is 13.0. The summed E-state index contributed by atoms with van der Waals surface area (Å²) in [4.78, 5) is 51.1.